The van der Waals surface area contributed by atoms with Crippen molar-refractivity contribution in [1.82, 2.24) is 0 Å². The van der Waals surface area contributed by atoms with E-state index in [0.29, 0.717) is 5.02 Å². The summed E-state index contributed by atoms with van der Waals surface area (Å²) in [4.78, 5) is -0.00648. The van der Waals surface area contributed by atoms with Crippen molar-refractivity contribution in [2.24, 2.45) is 0 Å². The lowest BCUT2D eigenvalue weighted by Crippen LogP contribution is -2.09. The van der Waals surface area contributed by atoms with Gasteiger partial charge in [-0.05, 0) is 30.3 Å². The first-order valence-corrected chi connectivity index (χ1v) is 7.57. The predicted octanol–water partition coefficient (Wildman–Crippen LogP) is 4.41. The van der Waals surface area contributed by atoms with Crippen molar-refractivity contribution in [2.75, 3.05) is 0 Å². The Kier molecular flexibility index (Phi) is 4.26. The lowest BCUT2D eigenvalue weighted by molar-refractivity contribution is 0.486. The average molecular weight is 338 g/mol. The van der Waals surface area contributed by atoms with Gasteiger partial charge in [-0.1, -0.05) is 34.8 Å². The summed E-state index contributed by atoms with van der Waals surface area (Å²) in [6, 6.07) is 9.83. The summed E-state index contributed by atoms with van der Waals surface area (Å²) < 4.78 is 28.9. The highest BCUT2D eigenvalue weighted by atomic mass is 35.5. The maximum Gasteiger partial charge on any atom is 0.339 e. The van der Waals surface area contributed by atoms with E-state index in [9.17, 15) is 8.42 Å². The molecular formula is C12H7Cl3O3S. The fraction of sp³-hybridized carbons (Fsp3) is 0. The SMILES string of the molecule is O=S(=O)(Oc1cc(Cl)cc(Cl)c1)c1ccc(Cl)cc1. The second-order valence-corrected chi connectivity index (χ2v) is 6.45. The van der Waals surface area contributed by atoms with Crippen LogP contribution in [0.5, 0.6) is 5.75 Å². The Morgan fingerprint density at radius 1 is 0.789 bits per heavy atom. The summed E-state index contributed by atoms with van der Waals surface area (Å²) in [5, 5.41) is 1.01. The first-order valence-electron chi connectivity index (χ1n) is 5.03. The molecule has 0 aliphatic rings. The Labute approximate surface area is 125 Å². The topological polar surface area (TPSA) is 43.4 Å². The Morgan fingerprint density at radius 2 is 1.32 bits per heavy atom. The van der Waals surface area contributed by atoms with Gasteiger partial charge in [-0.2, -0.15) is 8.42 Å². The molecule has 0 heterocycles. The summed E-state index contributed by atoms with van der Waals surface area (Å²) >= 11 is 17.2. The van der Waals surface area contributed by atoms with E-state index < -0.39 is 10.1 Å². The van der Waals surface area contributed by atoms with Crippen molar-refractivity contribution in [2.45, 2.75) is 4.90 Å². The molecule has 0 atom stereocenters. The van der Waals surface area contributed by atoms with Crippen LogP contribution in [-0.2, 0) is 10.1 Å². The van der Waals surface area contributed by atoms with Crippen molar-refractivity contribution >= 4 is 44.9 Å². The van der Waals surface area contributed by atoms with E-state index in [0.717, 1.165) is 0 Å². The van der Waals surface area contributed by atoms with Crippen molar-refractivity contribution < 1.29 is 12.6 Å². The van der Waals surface area contributed by atoms with Crippen LogP contribution in [0.25, 0.3) is 0 Å². The van der Waals surface area contributed by atoms with Gasteiger partial charge < -0.3 is 4.18 Å². The highest BCUT2D eigenvalue weighted by Gasteiger charge is 2.17. The third-order valence-electron chi connectivity index (χ3n) is 2.14. The van der Waals surface area contributed by atoms with Crippen LogP contribution < -0.4 is 4.18 Å². The monoisotopic (exact) mass is 336 g/mol. The van der Waals surface area contributed by atoms with Crippen LogP contribution in [-0.4, -0.2) is 8.42 Å². The van der Waals surface area contributed by atoms with E-state index in [1.807, 2.05) is 0 Å². The highest BCUT2D eigenvalue weighted by molar-refractivity contribution is 7.87. The van der Waals surface area contributed by atoms with Crippen LogP contribution in [0.15, 0.2) is 47.4 Å². The minimum absolute atomic E-state index is 0.00648. The summed E-state index contributed by atoms with van der Waals surface area (Å²) in [7, 11) is -3.94. The molecule has 0 saturated heterocycles. The molecule has 2 aromatic rings. The molecule has 0 saturated carbocycles. The maximum absolute atomic E-state index is 12.0. The molecule has 0 aliphatic carbocycles. The van der Waals surface area contributed by atoms with Crippen molar-refractivity contribution in [1.29, 1.82) is 0 Å². The van der Waals surface area contributed by atoms with Gasteiger partial charge in [-0.3, -0.25) is 0 Å². The Hall–Kier alpha value is -0.940. The van der Waals surface area contributed by atoms with Crippen LogP contribution >= 0.6 is 34.8 Å². The third kappa shape index (κ3) is 3.76. The molecular weight excluding hydrogens is 331 g/mol. The molecule has 0 aromatic heterocycles. The lowest BCUT2D eigenvalue weighted by Gasteiger charge is -2.07. The number of hydrogen-bond donors (Lipinski definition) is 0. The Morgan fingerprint density at radius 3 is 1.84 bits per heavy atom. The highest BCUT2D eigenvalue weighted by Crippen LogP contribution is 2.27. The van der Waals surface area contributed by atoms with Gasteiger partial charge in [0.15, 0.2) is 0 Å². The van der Waals surface area contributed by atoms with Gasteiger partial charge in [0.25, 0.3) is 0 Å². The summed E-state index contributed by atoms with van der Waals surface area (Å²) in [6.45, 7) is 0. The van der Waals surface area contributed by atoms with Crippen LogP contribution in [0.3, 0.4) is 0 Å². The second-order valence-electron chi connectivity index (χ2n) is 3.60. The van der Waals surface area contributed by atoms with Crippen molar-refractivity contribution in [3.63, 3.8) is 0 Å². The van der Waals surface area contributed by atoms with E-state index in [1.54, 1.807) is 0 Å². The zero-order valence-electron chi connectivity index (χ0n) is 9.31. The molecule has 0 N–H and O–H groups in total. The van der Waals surface area contributed by atoms with Gasteiger partial charge >= 0.3 is 10.1 Å². The van der Waals surface area contributed by atoms with Gasteiger partial charge in [-0.25, -0.2) is 0 Å². The van der Waals surface area contributed by atoms with E-state index in [1.165, 1.54) is 42.5 Å². The molecule has 0 radical (unpaired) electrons. The van der Waals surface area contributed by atoms with E-state index in [2.05, 4.69) is 0 Å². The quantitative estimate of drug-likeness (QED) is 0.779. The number of rotatable bonds is 3. The number of halogens is 3. The van der Waals surface area contributed by atoms with Crippen LogP contribution in [0.4, 0.5) is 0 Å². The minimum atomic E-state index is -3.94. The molecule has 0 amide bonds. The largest absolute Gasteiger partial charge is 0.379 e. The number of hydrogen-bond acceptors (Lipinski definition) is 3. The van der Waals surface area contributed by atoms with Gasteiger partial charge in [0, 0.05) is 27.2 Å². The molecule has 2 rings (SSSR count). The van der Waals surface area contributed by atoms with E-state index in [4.69, 9.17) is 39.0 Å². The van der Waals surface area contributed by atoms with Gasteiger partial charge in [0.2, 0.25) is 0 Å². The molecule has 0 bridgehead atoms. The zero-order chi connectivity index (χ0) is 14.0. The Balaban J connectivity index is 2.33. The van der Waals surface area contributed by atoms with Crippen LogP contribution in [0.1, 0.15) is 0 Å². The second kappa shape index (κ2) is 5.59. The predicted molar refractivity (Wildman–Crippen MR) is 75.7 cm³/mol. The molecule has 0 fully saturated rings. The fourth-order valence-corrected chi connectivity index (χ4v) is 2.90. The van der Waals surface area contributed by atoms with Crippen molar-refractivity contribution in [3.8, 4) is 5.75 Å². The van der Waals surface area contributed by atoms with E-state index in [-0.39, 0.29) is 20.7 Å². The molecule has 19 heavy (non-hydrogen) atoms. The first kappa shape index (κ1) is 14.5. The molecule has 0 aliphatic heterocycles. The smallest absolute Gasteiger partial charge is 0.339 e. The maximum atomic E-state index is 12.0. The molecule has 7 heteroatoms. The van der Waals surface area contributed by atoms with Crippen molar-refractivity contribution in [3.05, 3.63) is 57.5 Å². The molecule has 3 nitrogen and oxygen atoms in total. The Bertz CT molecular complexity index is 676. The fourth-order valence-electron chi connectivity index (χ4n) is 1.35. The minimum Gasteiger partial charge on any atom is -0.379 e. The van der Waals surface area contributed by atoms with Gasteiger partial charge in [-0.15, -0.1) is 0 Å². The number of benzene rings is 2. The average Bonchev–Trinajstić information content (AvgIpc) is 2.27. The van der Waals surface area contributed by atoms with E-state index >= 15 is 0 Å². The molecule has 2 aromatic carbocycles. The summed E-state index contributed by atoms with van der Waals surface area (Å²) in [5.74, 6) is 0.0486. The summed E-state index contributed by atoms with van der Waals surface area (Å²) in [5.41, 5.74) is 0. The zero-order valence-corrected chi connectivity index (χ0v) is 12.4. The lowest BCUT2D eigenvalue weighted by atomic mass is 10.3. The standard InChI is InChI=1S/C12H7Cl3O3S/c13-8-1-3-12(4-2-8)19(16,17)18-11-6-9(14)5-10(15)7-11/h1-7H. The third-order valence-corrected chi connectivity index (χ3v) is 4.09. The normalized spacial score (nSPS) is 11.3. The molecule has 0 spiro atoms. The summed E-state index contributed by atoms with van der Waals surface area (Å²) in [6.07, 6.45) is 0. The molecule has 0 unspecified atom stereocenters. The van der Waals surface area contributed by atoms with Gasteiger partial charge in [0.1, 0.15) is 10.6 Å². The first-order chi connectivity index (χ1) is 8.87. The van der Waals surface area contributed by atoms with Gasteiger partial charge in [0.05, 0.1) is 0 Å². The van der Waals surface area contributed by atoms with Crippen LogP contribution in [0.2, 0.25) is 15.1 Å². The molecule has 100 valence electrons. The van der Waals surface area contributed by atoms with Crippen LogP contribution in [0, 0.1) is 0 Å².